The van der Waals surface area contributed by atoms with Crippen LogP contribution < -0.4 is 5.32 Å². The minimum absolute atomic E-state index is 0.0181. The Balaban J connectivity index is 1.49. The first kappa shape index (κ1) is 19.4. The first-order valence-corrected chi connectivity index (χ1v) is 10.5. The van der Waals surface area contributed by atoms with Gasteiger partial charge in [-0.2, -0.15) is 0 Å². The third-order valence-corrected chi connectivity index (χ3v) is 6.82. The summed E-state index contributed by atoms with van der Waals surface area (Å²) in [7, 11) is 2.07. The maximum atomic E-state index is 13.4. The summed E-state index contributed by atoms with van der Waals surface area (Å²) in [4.78, 5) is 29.9. The molecule has 5 nitrogen and oxygen atoms in total. The Morgan fingerprint density at radius 3 is 2.32 bits per heavy atom. The summed E-state index contributed by atoms with van der Waals surface area (Å²) < 4.78 is 13.4. The lowest BCUT2D eigenvalue weighted by Crippen LogP contribution is -2.49. The van der Waals surface area contributed by atoms with Gasteiger partial charge < -0.3 is 15.1 Å². The molecule has 1 N–H and O–H groups in total. The number of hydrogen-bond acceptors (Lipinski definition) is 3. The highest BCUT2D eigenvalue weighted by Gasteiger charge is 2.42. The zero-order valence-electron chi connectivity index (χ0n) is 16.6. The summed E-state index contributed by atoms with van der Waals surface area (Å²) in [5, 5.41) is 3.19. The highest BCUT2D eigenvalue weighted by Crippen LogP contribution is 2.41. The normalized spacial score (nSPS) is 28.8. The van der Waals surface area contributed by atoms with E-state index >= 15 is 0 Å². The molecule has 0 unspecified atom stereocenters. The molecule has 152 valence electrons. The van der Waals surface area contributed by atoms with Crippen molar-refractivity contribution in [2.75, 3.05) is 33.2 Å². The quantitative estimate of drug-likeness (QED) is 0.863. The molecule has 3 fully saturated rings. The number of carbonyl (C=O) groups excluding carboxylic acids is 2. The van der Waals surface area contributed by atoms with Crippen molar-refractivity contribution >= 4 is 11.8 Å². The van der Waals surface area contributed by atoms with Crippen molar-refractivity contribution in [1.29, 1.82) is 0 Å². The van der Waals surface area contributed by atoms with E-state index < -0.39 is 0 Å². The molecular weight excluding hydrogens is 357 g/mol. The lowest BCUT2D eigenvalue weighted by molar-refractivity contribution is -0.137. The fourth-order valence-corrected chi connectivity index (χ4v) is 4.76. The zero-order chi connectivity index (χ0) is 19.7. The fourth-order valence-electron chi connectivity index (χ4n) is 4.76. The molecule has 6 heteroatoms. The molecule has 2 aliphatic carbocycles. The molecule has 1 heterocycles. The van der Waals surface area contributed by atoms with Gasteiger partial charge in [0.05, 0.1) is 0 Å². The van der Waals surface area contributed by atoms with Gasteiger partial charge in [-0.3, -0.25) is 9.59 Å². The lowest BCUT2D eigenvalue weighted by Gasteiger charge is -2.35. The van der Waals surface area contributed by atoms with Crippen LogP contribution in [-0.4, -0.2) is 60.9 Å². The van der Waals surface area contributed by atoms with Crippen LogP contribution >= 0.6 is 0 Å². The Morgan fingerprint density at radius 1 is 1.04 bits per heavy atom. The number of piperazine rings is 1. The van der Waals surface area contributed by atoms with Crippen LogP contribution in [0.3, 0.4) is 0 Å². The summed E-state index contributed by atoms with van der Waals surface area (Å²) in [6, 6.07) is 6.53. The van der Waals surface area contributed by atoms with Gasteiger partial charge in [0.15, 0.2) is 0 Å². The van der Waals surface area contributed by atoms with E-state index in [1.54, 1.807) is 12.1 Å². The first-order valence-electron chi connectivity index (χ1n) is 10.5. The maximum absolute atomic E-state index is 13.4. The van der Waals surface area contributed by atoms with E-state index in [4.69, 9.17) is 0 Å². The Morgan fingerprint density at radius 2 is 1.71 bits per heavy atom. The van der Waals surface area contributed by atoms with E-state index in [1.807, 2.05) is 4.90 Å². The smallest absolute Gasteiger partial charge is 0.226 e. The van der Waals surface area contributed by atoms with E-state index in [-0.39, 0.29) is 41.4 Å². The highest BCUT2D eigenvalue weighted by atomic mass is 19.1. The molecule has 2 saturated carbocycles. The summed E-state index contributed by atoms with van der Waals surface area (Å²) in [6.45, 7) is 3.28. The molecule has 1 aromatic carbocycles. The Hall–Kier alpha value is -1.95. The van der Waals surface area contributed by atoms with E-state index in [1.165, 1.54) is 12.1 Å². The van der Waals surface area contributed by atoms with Crippen LogP contribution in [0.2, 0.25) is 0 Å². The van der Waals surface area contributed by atoms with E-state index in [9.17, 15) is 14.0 Å². The maximum Gasteiger partial charge on any atom is 0.226 e. The SMILES string of the molecule is CN1CCN(C(=O)[C@H]2C[C@@H](NC(=O)C3CCC3)C[C@@H]2c2ccc(F)cc2)CC1. The molecule has 4 rings (SSSR count). The molecule has 2 amide bonds. The summed E-state index contributed by atoms with van der Waals surface area (Å²) in [5.74, 6) is 0.0832. The number of benzene rings is 1. The second-order valence-electron chi connectivity index (χ2n) is 8.70. The Bertz CT molecular complexity index is 711. The van der Waals surface area contributed by atoms with Crippen LogP contribution in [-0.2, 0) is 9.59 Å². The summed E-state index contributed by atoms with van der Waals surface area (Å²) in [6.07, 6.45) is 4.50. The van der Waals surface area contributed by atoms with Gasteiger partial charge in [-0.25, -0.2) is 4.39 Å². The topological polar surface area (TPSA) is 52.6 Å². The third kappa shape index (κ3) is 4.07. The molecular formula is C22H30FN3O2. The van der Waals surface area contributed by atoms with Crippen molar-refractivity contribution in [3.63, 3.8) is 0 Å². The second kappa shape index (κ2) is 8.19. The number of nitrogens with zero attached hydrogens (tertiary/aromatic N) is 2. The van der Waals surface area contributed by atoms with Crippen molar-refractivity contribution in [1.82, 2.24) is 15.1 Å². The summed E-state index contributed by atoms with van der Waals surface area (Å²) >= 11 is 0. The molecule has 0 radical (unpaired) electrons. The molecule has 0 bridgehead atoms. The number of carbonyl (C=O) groups is 2. The molecule has 1 aliphatic heterocycles. The Labute approximate surface area is 166 Å². The Kier molecular flexibility index (Phi) is 5.67. The number of hydrogen-bond donors (Lipinski definition) is 1. The predicted octanol–water partition coefficient (Wildman–Crippen LogP) is 2.38. The molecule has 0 aromatic heterocycles. The largest absolute Gasteiger partial charge is 0.353 e. The van der Waals surface area contributed by atoms with E-state index in [0.717, 1.165) is 57.4 Å². The monoisotopic (exact) mass is 387 g/mol. The number of amides is 2. The van der Waals surface area contributed by atoms with Crippen LogP contribution in [0.1, 0.15) is 43.6 Å². The average molecular weight is 387 g/mol. The molecule has 0 spiro atoms. The van der Waals surface area contributed by atoms with E-state index in [2.05, 4.69) is 17.3 Å². The van der Waals surface area contributed by atoms with Crippen molar-refractivity contribution < 1.29 is 14.0 Å². The lowest BCUT2D eigenvalue weighted by atomic mass is 9.84. The van der Waals surface area contributed by atoms with Gasteiger partial charge in [0.1, 0.15) is 5.82 Å². The highest BCUT2D eigenvalue weighted by molar-refractivity contribution is 5.82. The van der Waals surface area contributed by atoms with Gasteiger partial charge in [-0.05, 0) is 56.3 Å². The van der Waals surface area contributed by atoms with Gasteiger partial charge in [-0.1, -0.05) is 18.6 Å². The molecule has 1 saturated heterocycles. The predicted molar refractivity (Wildman–Crippen MR) is 105 cm³/mol. The van der Waals surface area contributed by atoms with Gasteiger partial charge in [0, 0.05) is 44.1 Å². The average Bonchev–Trinajstić information content (AvgIpc) is 3.04. The van der Waals surface area contributed by atoms with E-state index in [0.29, 0.717) is 6.42 Å². The van der Waals surface area contributed by atoms with Gasteiger partial charge in [-0.15, -0.1) is 0 Å². The van der Waals surface area contributed by atoms with Crippen molar-refractivity contribution in [3.05, 3.63) is 35.6 Å². The van der Waals surface area contributed by atoms with Gasteiger partial charge in [0.2, 0.25) is 11.8 Å². The van der Waals surface area contributed by atoms with Crippen LogP contribution in [0.5, 0.6) is 0 Å². The molecule has 28 heavy (non-hydrogen) atoms. The van der Waals surface area contributed by atoms with Crippen LogP contribution in [0, 0.1) is 17.7 Å². The number of rotatable bonds is 4. The number of halogens is 1. The van der Waals surface area contributed by atoms with Crippen LogP contribution in [0.25, 0.3) is 0 Å². The van der Waals surface area contributed by atoms with Crippen molar-refractivity contribution in [3.8, 4) is 0 Å². The fraction of sp³-hybridized carbons (Fsp3) is 0.636. The molecule has 3 aliphatic rings. The van der Waals surface area contributed by atoms with Crippen molar-refractivity contribution in [2.45, 2.75) is 44.1 Å². The number of likely N-dealkylation sites (N-methyl/N-ethyl adjacent to an activating group) is 1. The minimum atomic E-state index is -0.265. The number of nitrogens with one attached hydrogen (secondary N) is 1. The second-order valence-corrected chi connectivity index (χ2v) is 8.70. The van der Waals surface area contributed by atoms with Crippen LogP contribution in [0.4, 0.5) is 4.39 Å². The molecule has 3 atom stereocenters. The van der Waals surface area contributed by atoms with Gasteiger partial charge >= 0.3 is 0 Å². The standard InChI is InChI=1S/C22H30FN3O2/c1-25-9-11-26(12-10-25)22(28)20-14-18(24-21(27)16-3-2-4-16)13-19(20)15-5-7-17(23)8-6-15/h5-8,16,18-20H,2-4,9-14H2,1H3,(H,24,27)/t18-,19+,20-/m0/s1. The first-order chi connectivity index (χ1) is 13.5. The zero-order valence-corrected chi connectivity index (χ0v) is 16.6. The van der Waals surface area contributed by atoms with Crippen LogP contribution in [0.15, 0.2) is 24.3 Å². The van der Waals surface area contributed by atoms with Crippen molar-refractivity contribution in [2.24, 2.45) is 11.8 Å². The molecule has 1 aromatic rings. The van der Waals surface area contributed by atoms with Gasteiger partial charge in [0.25, 0.3) is 0 Å². The minimum Gasteiger partial charge on any atom is -0.353 e. The summed E-state index contributed by atoms with van der Waals surface area (Å²) in [5.41, 5.74) is 0.995. The third-order valence-electron chi connectivity index (χ3n) is 6.82.